The van der Waals surface area contributed by atoms with E-state index >= 15 is 0 Å². The zero-order chi connectivity index (χ0) is 16.1. The summed E-state index contributed by atoms with van der Waals surface area (Å²) in [5, 5.41) is 7.16. The molecule has 7 nitrogen and oxygen atoms in total. The molecule has 0 radical (unpaired) electrons. The lowest BCUT2D eigenvalue weighted by Crippen LogP contribution is -2.45. The molecule has 0 aromatic carbocycles. The summed E-state index contributed by atoms with van der Waals surface area (Å²) in [5.74, 6) is -0.289. The van der Waals surface area contributed by atoms with E-state index in [1.807, 2.05) is 18.5 Å². The summed E-state index contributed by atoms with van der Waals surface area (Å²) in [5.41, 5.74) is 1.69. The number of carbonyl (C=O) groups excluding carboxylic acids is 2. The highest BCUT2D eigenvalue weighted by atomic mass is 16.5. The SMILES string of the molecule is CCn1ncc(NC(=O)C2CCCN(C(=O)COC)C2)c1C. The maximum Gasteiger partial charge on any atom is 0.248 e. The van der Waals surface area contributed by atoms with Crippen LogP contribution in [0.25, 0.3) is 0 Å². The van der Waals surface area contributed by atoms with Gasteiger partial charge in [-0.1, -0.05) is 0 Å². The van der Waals surface area contributed by atoms with Gasteiger partial charge in [-0.2, -0.15) is 5.10 Å². The van der Waals surface area contributed by atoms with Crippen molar-refractivity contribution in [2.45, 2.75) is 33.2 Å². The molecule has 1 aliphatic rings. The average Bonchev–Trinajstić information content (AvgIpc) is 2.88. The van der Waals surface area contributed by atoms with Crippen LogP contribution < -0.4 is 5.32 Å². The van der Waals surface area contributed by atoms with Crippen molar-refractivity contribution in [1.29, 1.82) is 0 Å². The lowest BCUT2D eigenvalue weighted by Gasteiger charge is -2.31. The molecule has 1 fully saturated rings. The number of methoxy groups -OCH3 is 1. The zero-order valence-corrected chi connectivity index (χ0v) is 13.5. The van der Waals surface area contributed by atoms with Crippen LogP contribution in [0.1, 0.15) is 25.5 Å². The number of nitrogens with one attached hydrogen (secondary N) is 1. The maximum absolute atomic E-state index is 12.4. The predicted molar refractivity (Wildman–Crippen MR) is 82.4 cm³/mol. The summed E-state index contributed by atoms with van der Waals surface area (Å²) in [6.45, 7) is 5.92. The number of hydrogen-bond acceptors (Lipinski definition) is 4. The minimum atomic E-state index is -0.182. The largest absolute Gasteiger partial charge is 0.375 e. The molecule has 1 atom stereocenters. The number of rotatable bonds is 5. The van der Waals surface area contributed by atoms with Crippen LogP contribution in [0.4, 0.5) is 5.69 Å². The Hall–Kier alpha value is -1.89. The molecule has 7 heteroatoms. The summed E-state index contributed by atoms with van der Waals surface area (Å²) in [4.78, 5) is 26.0. The van der Waals surface area contributed by atoms with Crippen LogP contribution in [0, 0.1) is 12.8 Å². The summed E-state index contributed by atoms with van der Waals surface area (Å²) in [6.07, 6.45) is 3.30. The fourth-order valence-electron chi connectivity index (χ4n) is 2.76. The third kappa shape index (κ3) is 3.65. The van der Waals surface area contributed by atoms with Crippen LogP contribution >= 0.6 is 0 Å². The minimum Gasteiger partial charge on any atom is -0.375 e. The van der Waals surface area contributed by atoms with Crippen LogP contribution in [-0.4, -0.2) is 53.3 Å². The van der Waals surface area contributed by atoms with E-state index in [1.54, 1.807) is 11.1 Å². The van der Waals surface area contributed by atoms with E-state index < -0.39 is 0 Å². The highest BCUT2D eigenvalue weighted by molar-refractivity contribution is 5.93. The molecule has 1 N–H and O–H groups in total. The first-order chi connectivity index (χ1) is 10.6. The van der Waals surface area contributed by atoms with Gasteiger partial charge in [0.25, 0.3) is 0 Å². The molecule has 1 unspecified atom stereocenters. The Morgan fingerprint density at radius 2 is 2.27 bits per heavy atom. The highest BCUT2D eigenvalue weighted by Crippen LogP contribution is 2.20. The number of aryl methyl sites for hydroxylation is 1. The quantitative estimate of drug-likeness (QED) is 0.881. The summed E-state index contributed by atoms with van der Waals surface area (Å²) >= 11 is 0. The standard InChI is InChI=1S/C15H24N4O3/c1-4-19-11(2)13(8-16-19)17-15(21)12-6-5-7-18(9-12)14(20)10-22-3/h8,12H,4-7,9-10H2,1-3H3,(H,17,21). The number of piperidine rings is 1. The molecule has 2 amide bonds. The molecule has 1 aromatic heterocycles. The van der Waals surface area contributed by atoms with Crippen molar-refractivity contribution in [3.05, 3.63) is 11.9 Å². The Morgan fingerprint density at radius 1 is 1.50 bits per heavy atom. The Balaban J connectivity index is 1.97. The smallest absolute Gasteiger partial charge is 0.248 e. The first-order valence-corrected chi connectivity index (χ1v) is 7.66. The lowest BCUT2D eigenvalue weighted by atomic mass is 9.97. The number of amides is 2. The number of likely N-dealkylation sites (tertiary alicyclic amines) is 1. The molecule has 1 aromatic rings. The molecular formula is C15H24N4O3. The van der Waals surface area contributed by atoms with Crippen molar-refractivity contribution in [2.75, 3.05) is 32.1 Å². The molecule has 2 heterocycles. The molecule has 122 valence electrons. The van der Waals surface area contributed by atoms with E-state index in [0.717, 1.165) is 30.8 Å². The van der Waals surface area contributed by atoms with Gasteiger partial charge in [-0.25, -0.2) is 0 Å². The molecule has 2 rings (SSSR count). The van der Waals surface area contributed by atoms with E-state index in [-0.39, 0.29) is 24.3 Å². The molecule has 1 aliphatic heterocycles. The van der Waals surface area contributed by atoms with Crippen molar-refractivity contribution in [3.8, 4) is 0 Å². The van der Waals surface area contributed by atoms with E-state index in [9.17, 15) is 9.59 Å². The number of carbonyl (C=O) groups is 2. The van der Waals surface area contributed by atoms with Crippen LogP contribution in [0.15, 0.2) is 6.20 Å². The van der Waals surface area contributed by atoms with E-state index in [0.29, 0.717) is 13.1 Å². The Morgan fingerprint density at radius 3 is 2.91 bits per heavy atom. The first-order valence-electron chi connectivity index (χ1n) is 7.66. The average molecular weight is 308 g/mol. The highest BCUT2D eigenvalue weighted by Gasteiger charge is 2.28. The molecule has 0 aliphatic carbocycles. The Labute approximate surface area is 130 Å². The van der Waals surface area contributed by atoms with Gasteiger partial charge >= 0.3 is 0 Å². The van der Waals surface area contributed by atoms with Crippen molar-refractivity contribution < 1.29 is 14.3 Å². The summed E-state index contributed by atoms with van der Waals surface area (Å²) < 4.78 is 6.71. The lowest BCUT2D eigenvalue weighted by molar-refractivity contribution is -0.138. The third-order valence-electron chi connectivity index (χ3n) is 4.07. The van der Waals surface area contributed by atoms with Crippen LogP contribution in [0.3, 0.4) is 0 Å². The van der Waals surface area contributed by atoms with E-state index in [4.69, 9.17) is 4.74 Å². The Kier molecular flexibility index (Phi) is 5.54. The monoisotopic (exact) mass is 308 g/mol. The number of anilines is 1. The number of hydrogen-bond donors (Lipinski definition) is 1. The van der Waals surface area contributed by atoms with Crippen molar-refractivity contribution in [3.63, 3.8) is 0 Å². The molecule has 1 saturated heterocycles. The maximum atomic E-state index is 12.4. The Bertz CT molecular complexity index is 541. The molecule has 0 bridgehead atoms. The second kappa shape index (κ2) is 7.40. The normalized spacial score (nSPS) is 18.3. The number of aromatic nitrogens is 2. The summed E-state index contributed by atoms with van der Waals surface area (Å²) in [6, 6.07) is 0. The van der Waals surface area contributed by atoms with Crippen molar-refractivity contribution in [1.82, 2.24) is 14.7 Å². The molecule has 0 spiro atoms. The zero-order valence-electron chi connectivity index (χ0n) is 13.5. The molecule has 22 heavy (non-hydrogen) atoms. The van der Waals surface area contributed by atoms with Gasteiger partial charge in [0.2, 0.25) is 11.8 Å². The van der Waals surface area contributed by atoms with Gasteiger partial charge in [-0.3, -0.25) is 14.3 Å². The minimum absolute atomic E-state index is 0.0475. The number of ether oxygens (including phenoxy) is 1. The van der Waals surface area contributed by atoms with Gasteiger partial charge in [-0.15, -0.1) is 0 Å². The topological polar surface area (TPSA) is 76.5 Å². The van der Waals surface area contributed by atoms with Crippen molar-refractivity contribution >= 4 is 17.5 Å². The number of nitrogens with zero attached hydrogens (tertiary/aromatic N) is 3. The van der Waals surface area contributed by atoms with Gasteiger partial charge < -0.3 is 15.0 Å². The molecule has 0 saturated carbocycles. The van der Waals surface area contributed by atoms with Crippen LogP contribution in [0.5, 0.6) is 0 Å². The van der Waals surface area contributed by atoms with Gasteiger partial charge in [0, 0.05) is 26.7 Å². The molecular weight excluding hydrogens is 284 g/mol. The van der Waals surface area contributed by atoms with Crippen LogP contribution in [0.2, 0.25) is 0 Å². The van der Waals surface area contributed by atoms with Gasteiger partial charge in [-0.05, 0) is 26.7 Å². The third-order valence-corrected chi connectivity index (χ3v) is 4.07. The van der Waals surface area contributed by atoms with Gasteiger partial charge in [0.05, 0.1) is 23.5 Å². The van der Waals surface area contributed by atoms with Gasteiger partial charge in [0.1, 0.15) is 6.61 Å². The van der Waals surface area contributed by atoms with E-state index in [2.05, 4.69) is 10.4 Å². The fourth-order valence-corrected chi connectivity index (χ4v) is 2.76. The fraction of sp³-hybridized carbons (Fsp3) is 0.667. The summed E-state index contributed by atoms with van der Waals surface area (Å²) in [7, 11) is 1.50. The predicted octanol–water partition coefficient (Wildman–Crippen LogP) is 1.03. The van der Waals surface area contributed by atoms with Crippen LogP contribution in [-0.2, 0) is 20.9 Å². The second-order valence-corrected chi connectivity index (χ2v) is 5.56. The van der Waals surface area contributed by atoms with Gasteiger partial charge in [0.15, 0.2) is 0 Å². The second-order valence-electron chi connectivity index (χ2n) is 5.56. The van der Waals surface area contributed by atoms with E-state index in [1.165, 1.54) is 7.11 Å². The van der Waals surface area contributed by atoms with Crippen molar-refractivity contribution in [2.24, 2.45) is 5.92 Å². The first kappa shape index (κ1) is 16.5.